The Kier molecular flexibility index (Phi) is 2.44. The molecule has 1 unspecified atom stereocenters. The summed E-state index contributed by atoms with van der Waals surface area (Å²) < 4.78 is 5.24. The molecule has 0 saturated heterocycles. The Labute approximate surface area is 86.8 Å². The Morgan fingerprint density at radius 1 is 1.43 bits per heavy atom. The van der Waals surface area contributed by atoms with Gasteiger partial charge in [-0.25, -0.2) is 0 Å². The van der Waals surface area contributed by atoms with Crippen LogP contribution in [0.25, 0.3) is 0 Å². The lowest BCUT2D eigenvalue weighted by Gasteiger charge is -2.06. The SMILES string of the molecule is Cc1cc(C(O)c2occc2C)cs1. The Hall–Kier alpha value is -1.06. The number of furan rings is 1. The lowest BCUT2D eigenvalue weighted by atomic mass is 10.1. The van der Waals surface area contributed by atoms with Crippen molar-refractivity contribution in [1.82, 2.24) is 0 Å². The average Bonchev–Trinajstić information content (AvgIpc) is 2.73. The molecule has 2 rings (SSSR count). The van der Waals surface area contributed by atoms with Gasteiger partial charge in [-0.1, -0.05) is 0 Å². The van der Waals surface area contributed by atoms with Crippen molar-refractivity contribution in [3.05, 3.63) is 45.5 Å². The quantitative estimate of drug-likeness (QED) is 0.823. The van der Waals surface area contributed by atoms with Crippen LogP contribution in [-0.2, 0) is 0 Å². The summed E-state index contributed by atoms with van der Waals surface area (Å²) in [6.07, 6.45) is 0.975. The fraction of sp³-hybridized carbons (Fsp3) is 0.273. The van der Waals surface area contributed by atoms with Gasteiger partial charge in [0.1, 0.15) is 11.9 Å². The van der Waals surface area contributed by atoms with E-state index in [2.05, 4.69) is 0 Å². The van der Waals surface area contributed by atoms with E-state index in [9.17, 15) is 5.11 Å². The predicted octanol–water partition coefficient (Wildman–Crippen LogP) is 3.04. The van der Waals surface area contributed by atoms with Crippen LogP contribution in [0.1, 0.15) is 27.9 Å². The topological polar surface area (TPSA) is 33.4 Å². The van der Waals surface area contributed by atoms with Crippen LogP contribution in [0, 0.1) is 13.8 Å². The van der Waals surface area contributed by atoms with Crippen LogP contribution in [0.3, 0.4) is 0 Å². The molecule has 14 heavy (non-hydrogen) atoms. The predicted molar refractivity (Wildman–Crippen MR) is 56.6 cm³/mol. The van der Waals surface area contributed by atoms with E-state index in [0.29, 0.717) is 5.76 Å². The molecular formula is C11H12O2S. The van der Waals surface area contributed by atoms with E-state index in [0.717, 1.165) is 11.1 Å². The van der Waals surface area contributed by atoms with Gasteiger partial charge < -0.3 is 9.52 Å². The molecule has 0 amide bonds. The van der Waals surface area contributed by atoms with Gasteiger partial charge in [0.05, 0.1) is 6.26 Å². The summed E-state index contributed by atoms with van der Waals surface area (Å²) in [5, 5.41) is 11.9. The van der Waals surface area contributed by atoms with E-state index in [1.165, 1.54) is 4.88 Å². The van der Waals surface area contributed by atoms with Crippen LogP contribution in [0.5, 0.6) is 0 Å². The number of aliphatic hydroxyl groups is 1. The van der Waals surface area contributed by atoms with Gasteiger partial charge in [-0.15, -0.1) is 11.3 Å². The minimum atomic E-state index is -0.630. The first-order valence-corrected chi connectivity index (χ1v) is 5.33. The summed E-state index contributed by atoms with van der Waals surface area (Å²) in [5.74, 6) is 0.641. The van der Waals surface area contributed by atoms with Crippen molar-refractivity contribution in [1.29, 1.82) is 0 Å². The fourth-order valence-corrected chi connectivity index (χ4v) is 2.15. The highest BCUT2D eigenvalue weighted by molar-refractivity contribution is 7.10. The second-order valence-corrected chi connectivity index (χ2v) is 4.48. The normalized spacial score (nSPS) is 13.1. The number of aliphatic hydroxyl groups excluding tert-OH is 1. The molecule has 0 aliphatic carbocycles. The Balaban J connectivity index is 2.33. The third-order valence-electron chi connectivity index (χ3n) is 2.22. The first-order chi connectivity index (χ1) is 6.68. The Morgan fingerprint density at radius 3 is 2.71 bits per heavy atom. The highest BCUT2D eigenvalue weighted by Gasteiger charge is 2.16. The zero-order chi connectivity index (χ0) is 10.1. The minimum Gasteiger partial charge on any atom is -0.466 e. The molecule has 74 valence electrons. The largest absolute Gasteiger partial charge is 0.466 e. The number of thiophene rings is 1. The highest BCUT2D eigenvalue weighted by atomic mass is 32.1. The van der Waals surface area contributed by atoms with Gasteiger partial charge in [0.15, 0.2) is 0 Å². The summed E-state index contributed by atoms with van der Waals surface area (Å²) in [7, 11) is 0. The Bertz CT molecular complexity index is 428. The molecule has 2 nitrogen and oxygen atoms in total. The third kappa shape index (κ3) is 1.61. The van der Waals surface area contributed by atoms with E-state index in [1.54, 1.807) is 17.6 Å². The monoisotopic (exact) mass is 208 g/mol. The van der Waals surface area contributed by atoms with Gasteiger partial charge in [0, 0.05) is 4.88 Å². The molecule has 0 bridgehead atoms. The maximum absolute atomic E-state index is 9.99. The standard InChI is InChI=1S/C11H12O2S/c1-7-3-4-13-11(7)10(12)9-5-8(2)14-6-9/h3-6,10,12H,1-2H3. The van der Waals surface area contributed by atoms with Crippen LogP contribution in [-0.4, -0.2) is 5.11 Å². The van der Waals surface area contributed by atoms with Crippen molar-refractivity contribution < 1.29 is 9.52 Å². The molecule has 0 spiro atoms. The lowest BCUT2D eigenvalue weighted by molar-refractivity contribution is 0.189. The van der Waals surface area contributed by atoms with Gasteiger partial charge in [-0.2, -0.15) is 0 Å². The van der Waals surface area contributed by atoms with Crippen LogP contribution < -0.4 is 0 Å². The molecule has 0 aromatic carbocycles. The van der Waals surface area contributed by atoms with E-state index in [1.807, 2.05) is 31.4 Å². The van der Waals surface area contributed by atoms with Gasteiger partial charge in [-0.3, -0.25) is 0 Å². The molecule has 2 aromatic heterocycles. The third-order valence-corrected chi connectivity index (χ3v) is 3.10. The fourth-order valence-electron chi connectivity index (χ4n) is 1.42. The van der Waals surface area contributed by atoms with Crippen molar-refractivity contribution in [2.24, 2.45) is 0 Å². The van der Waals surface area contributed by atoms with Crippen molar-refractivity contribution in [3.8, 4) is 0 Å². The minimum absolute atomic E-state index is 0.630. The summed E-state index contributed by atoms with van der Waals surface area (Å²) >= 11 is 1.63. The van der Waals surface area contributed by atoms with Crippen molar-refractivity contribution >= 4 is 11.3 Å². The number of rotatable bonds is 2. The van der Waals surface area contributed by atoms with E-state index < -0.39 is 6.10 Å². The summed E-state index contributed by atoms with van der Waals surface area (Å²) in [5.41, 5.74) is 1.90. The summed E-state index contributed by atoms with van der Waals surface area (Å²) in [6.45, 7) is 3.96. The smallest absolute Gasteiger partial charge is 0.139 e. The molecule has 3 heteroatoms. The molecule has 1 atom stereocenters. The number of hydrogen-bond donors (Lipinski definition) is 1. The molecule has 0 aliphatic rings. The second-order valence-electron chi connectivity index (χ2n) is 3.36. The zero-order valence-corrected chi connectivity index (χ0v) is 8.97. The van der Waals surface area contributed by atoms with E-state index in [-0.39, 0.29) is 0 Å². The first-order valence-electron chi connectivity index (χ1n) is 4.45. The highest BCUT2D eigenvalue weighted by Crippen LogP contribution is 2.28. The second kappa shape index (κ2) is 3.59. The zero-order valence-electron chi connectivity index (χ0n) is 8.15. The molecule has 0 saturated carbocycles. The van der Waals surface area contributed by atoms with Gasteiger partial charge in [0.25, 0.3) is 0 Å². The van der Waals surface area contributed by atoms with Crippen LogP contribution in [0.4, 0.5) is 0 Å². The van der Waals surface area contributed by atoms with Crippen molar-refractivity contribution in [2.75, 3.05) is 0 Å². The van der Waals surface area contributed by atoms with Crippen LogP contribution in [0.2, 0.25) is 0 Å². The molecule has 0 aliphatic heterocycles. The molecular weight excluding hydrogens is 196 g/mol. The van der Waals surface area contributed by atoms with Gasteiger partial charge >= 0.3 is 0 Å². The van der Waals surface area contributed by atoms with Gasteiger partial charge in [-0.05, 0) is 42.5 Å². The maximum atomic E-state index is 9.99. The number of aryl methyl sites for hydroxylation is 2. The maximum Gasteiger partial charge on any atom is 0.139 e. The average molecular weight is 208 g/mol. The molecule has 2 aromatic rings. The first kappa shape index (κ1) is 9.49. The molecule has 1 N–H and O–H groups in total. The number of hydrogen-bond acceptors (Lipinski definition) is 3. The van der Waals surface area contributed by atoms with Crippen LogP contribution in [0.15, 0.2) is 28.2 Å². The summed E-state index contributed by atoms with van der Waals surface area (Å²) in [6, 6.07) is 3.84. The van der Waals surface area contributed by atoms with Gasteiger partial charge in [0.2, 0.25) is 0 Å². The van der Waals surface area contributed by atoms with E-state index >= 15 is 0 Å². The van der Waals surface area contributed by atoms with E-state index in [4.69, 9.17) is 4.42 Å². The molecule has 2 heterocycles. The molecule has 0 fully saturated rings. The van der Waals surface area contributed by atoms with Crippen molar-refractivity contribution in [2.45, 2.75) is 20.0 Å². The van der Waals surface area contributed by atoms with Crippen molar-refractivity contribution in [3.63, 3.8) is 0 Å². The summed E-state index contributed by atoms with van der Waals surface area (Å²) in [4.78, 5) is 1.20. The van der Waals surface area contributed by atoms with Crippen LogP contribution >= 0.6 is 11.3 Å². The lowest BCUT2D eigenvalue weighted by Crippen LogP contribution is -1.97. The molecule has 0 radical (unpaired) electrons. The Morgan fingerprint density at radius 2 is 2.21 bits per heavy atom.